The van der Waals surface area contributed by atoms with Crippen LogP contribution in [0, 0.1) is 0 Å². The number of anilines is 1. The molecule has 0 amide bonds. The van der Waals surface area contributed by atoms with Crippen molar-refractivity contribution in [3.8, 4) is 0 Å². The lowest BCUT2D eigenvalue weighted by Gasteiger charge is -2.25. The van der Waals surface area contributed by atoms with Gasteiger partial charge in [-0.25, -0.2) is 4.98 Å². The molecule has 1 saturated heterocycles. The second kappa shape index (κ2) is 4.61. The van der Waals surface area contributed by atoms with Crippen molar-refractivity contribution in [2.24, 2.45) is 7.05 Å². The summed E-state index contributed by atoms with van der Waals surface area (Å²) in [5.74, 6) is 1.14. The maximum Gasteiger partial charge on any atom is 0.123 e. The van der Waals surface area contributed by atoms with Crippen LogP contribution in [0.3, 0.4) is 0 Å². The molecule has 2 aromatic rings. The molecule has 0 atom stereocenters. The molecule has 96 valence electrons. The monoisotopic (exact) mass is 244 g/mol. The third kappa shape index (κ3) is 2.08. The molecule has 0 radical (unpaired) electrons. The average Bonchev–Trinajstić information content (AvgIpc) is 2.67. The number of aryl methyl sites for hydroxylation is 1. The third-order valence-electron chi connectivity index (χ3n) is 3.81. The van der Waals surface area contributed by atoms with Crippen LogP contribution in [-0.2, 0) is 13.6 Å². The number of imidazole rings is 1. The van der Waals surface area contributed by atoms with Gasteiger partial charge in [-0.2, -0.15) is 0 Å². The summed E-state index contributed by atoms with van der Waals surface area (Å²) in [5.41, 5.74) is 8.76. The van der Waals surface area contributed by atoms with Crippen molar-refractivity contribution in [3.05, 3.63) is 24.0 Å². The first-order valence-corrected chi connectivity index (χ1v) is 6.67. The second-order valence-electron chi connectivity index (χ2n) is 5.17. The van der Waals surface area contributed by atoms with Crippen molar-refractivity contribution in [3.63, 3.8) is 0 Å². The highest BCUT2D eigenvalue weighted by Gasteiger charge is 2.14. The zero-order chi connectivity index (χ0) is 12.5. The maximum absolute atomic E-state index is 5.81. The Balaban J connectivity index is 1.89. The van der Waals surface area contributed by atoms with Gasteiger partial charge in [0.15, 0.2) is 0 Å². The Bertz CT molecular complexity index is 552. The van der Waals surface area contributed by atoms with Crippen LogP contribution in [0.25, 0.3) is 11.0 Å². The topological polar surface area (TPSA) is 47.1 Å². The smallest absolute Gasteiger partial charge is 0.123 e. The van der Waals surface area contributed by atoms with E-state index in [0.717, 1.165) is 29.1 Å². The number of nitrogens with two attached hydrogens (primary N) is 1. The number of fused-ring (bicyclic) bond motifs is 1. The van der Waals surface area contributed by atoms with Gasteiger partial charge in [0.05, 0.1) is 17.6 Å². The van der Waals surface area contributed by atoms with Crippen molar-refractivity contribution in [2.45, 2.75) is 25.8 Å². The molecule has 0 aliphatic carbocycles. The summed E-state index contributed by atoms with van der Waals surface area (Å²) in [6, 6.07) is 5.95. The highest BCUT2D eigenvalue weighted by Crippen LogP contribution is 2.19. The van der Waals surface area contributed by atoms with Gasteiger partial charge in [-0.1, -0.05) is 6.42 Å². The number of benzene rings is 1. The molecule has 1 aliphatic rings. The van der Waals surface area contributed by atoms with Gasteiger partial charge in [0.1, 0.15) is 5.82 Å². The van der Waals surface area contributed by atoms with E-state index in [1.54, 1.807) is 0 Å². The molecule has 1 aromatic heterocycles. The van der Waals surface area contributed by atoms with Crippen LogP contribution in [-0.4, -0.2) is 27.5 Å². The van der Waals surface area contributed by atoms with Gasteiger partial charge < -0.3 is 10.3 Å². The minimum atomic E-state index is 0.783. The molecule has 4 nitrogen and oxygen atoms in total. The lowest BCUT2D eigenvalue weighted by molar-refractivity contribution is 0.214. The number of nitrogen functional groups attached to an aromatic ring is 1. The first kappa shape index (κ1) is 11.5. The van der Waals surface area contributed by atoms with Crippen molar-refractivity contribution in [1.29, 1.82) is 0 Å². The zero-order valence-corrected chi connectivity index (χ0v) is 10.9. The standard InChI is InChI=1S/C14H20N4/c1-17-13-6-5-11(15)9-12(13)16-14(17)10-18-7-3-2-4-8-18/h5-6,9H,2-4,7-8,10,15H2,1H3. The fourth-order valence-electron chi connectivity index (χ4n) is 2.73. The van der Waals surface area contributed by atoms with E-state index in [2.05, 4.69) is 22.6 Å². The summed E-state index contributed by atoms with van der Waals surface area (Å²) >= 11 is 0. The van der Waals surface area contributed by atoms with Crippen molar-refractivity contribution >= 4 is 16.7 Å². The number of aromatic nitrogens is 2. The number of nitrogens with zero attached hydrogens (tertiary/aromatic N) is 3. The van der Waals surface area contributed by atoms with Crippen molar-refractivity contribution < 1.29 is 0 Å². The predicted octanol–water partition coefficient (Wildman–Crippen LogP) is 2.14. The van der Waals surface area contributed by atoms with Gasteiger partial charge in [0.2, 0.25) is 0 Å². The Labute approximate surface area is 107 Å². The molecule has 3 rings (SSSR count). The highest BCUT2D eigenvalue weighted by molar-refractivity contribution is 5.79. The first-order chi connectivity index (χ1) is 8.74. The molecule has 4 heteroatoms. The van der Waals surface area contributed by atoms with E-state index in [9.17, 15) is 0 Å². The van der Waals surface area contributed by atoms with Crippen molar-refractivity contribution in [1.82, 2.24) is 14.5 Å². The van der Waals surface area contributed by atoms with Gasteiger partial charge in [0.25, 0.3) is 0 Å². The van der Waals surface area contributed by atoms with E-state index >= 15 is 0 Å². The molecule has 0 bridgehead atoms. The fraction of sp³-hybridized carbons (Fsp3) is 0.500. The van der Waals surface area contributed by atoms with Crippen molar-refractivity contribution in [2.75, 3.05) is 18.8 Å². The van der Waals surface area contributed by atoms with Crippen LogP contribution in [0.15, 0.2) is 18.2 Å². The Morgan fingerprint density at radius 1 is 1.22 bits per heavy atom. The third-order valence-corrected chi connectivity index (χ3v) is 3.81. The molecule has 1 aliphatic heterocycles. The van der Waals surface area contributed by atoms with Crippen LogP contribution in [0.1, 0.15) is 25.1 Å². The van der Waals surface area contributed by atoms with E-state index < -0.39 is 0 Å². The van der Waals surface area contributed by atoms with E-state index in [4.69, 9.17) is 10.7 Å². The SMILES string of the molecule is Cn1c(CN2CCCCC2)nc2cc(N)ccc21. The van der Waals surface area contributed by atoms with Gasteiger partial charge >= 0.3 is 0 Å². The molecule has 2 N–H and O–H groups in total. The first-order valence-electron chi connectivity index (χ1n) is 6.67. The normalized spacial score (nSPS) is 17.4. The van der Waals surface area contributed by atoms with E-state index in [1.165, 1.54) is 32.4 Å². The Hall–Kier alpha value is -1.55. The number of likely N-dealkylation sites (tertiary alicyclic amines) is 1. The summed E-state index contributed by atoms with van der Waals surface area (Å²) in [6.07, 6.45) is 4.00. The molecule has 1 fully saturated rings. The molecule has 1 aromatic carbocycles. The fourth-order valence-corrected chi connectivity index (χ4v) is 2.73. The highest BCUT2D eigenvalue weighted by atomic mass is 15.2. The number of hydrogen-bond acceptors (Lipinski definition) is 3. The Kier molecular flexibility index (Phi) is 2.96. The number of piperidine rings is 1. The summed E-state index contributed by atoms with van der Waals surface area (Å²) < 4.78 is 2.18. The quantitative estimate of drug-likeness (QED) is 0.823. The second-order valence-corrected chi connectivity index (χ2v) is 5.17. The molecular weight excluding hydrogens is 224 g/mol. The van der Waals surface area contributed by atoms with E-state index in [1.807, 2.05) is 12.1 Å². The summed E-state index contributed by atoms with van der Waals surface area (Å²) in [6.45, 7) is 3.35. The molecule has 0 unspecified atom stereocenters. The molecular formula is C14H20N4. The summed E-state index contributed by atoms with van der Waals surface area (Å²) in [5, 5.41) is 0. The number of hydrogen-bond donors (Lipinski definition) is 1. The van der Waals surface area contributed by atoms with Gasteiger partial charge in [-0.05, 0) is 44.1 Å². The minimum Gasteiger partial charge on any atom is -0.399 e. The largest absolute Gasteiger partial charge is 0.399 e. The Morgan fingerprint density at radius 3 is 2.78 bits per heavy atom. The lowest BCUT2D eigenvalue weighted by atomic mass is 10.1. The van der Waals surface area contributed by atoms with Crippen LogP contribution in [0.5, 0.6) is 0 Å². The number of rotatable bonds is 2. The molecule has 0 saturated carbocycles. The minimum absolute atomic E-state index is 0.783. The molecule has 18 heavy (non-hydrogen) atoms. The van der Waals surface area contributed by atoms with Gasteiger partial charge in [0, 0.05) is 12.7 Å². The summed E-state index contributed by atoms with van der Waals surface area (Å²) in [7, 11) is 2.09. The van der Waals surface area contributed by atoms with Crippen LogP contribution in [0.4, 0.5) is 5.69 Å². The van der Waals surface area contributed by atoms with Crippen LogP contribution < -0.4 is 5.73 Å². The zero-order valence-electron chi connectivity index (χ0n) is 10.9. The van der Waals surface area contributed by atoms with Gasteiger partial charge in [-0.3, -0.25) is 4.90 Å². The van der Waals surface area contributed by atoms with E-state index in [0.29, 0.717) is 0 Å². The van der Waals surface area contributed by atoms with Gasteiger partial charge in [-0.15, -0.1) is 0 Å². The van der Waals surface area contributed by atoms with E-state index in [-0.39, 0.29) is 0 Å². The van der Waals surface area contributed by atoms with Crippen LogP contribution >= 0.6 is 0 Å². The predicted molar refractivity (Wildman–Crippen MR) is 74.3 cm³/mol. The maximum atomic E-state index is 5.81. The Morgan fingerprint density at radius 2 is 2.00 bits per heavy atom. The van der Waals surface area contributed by atoms with Crippen LogP contribution in [0.2, 0.25) is 0 Å². The summed E-state index contributed by atoms with van der Waals surface area (Å²) in [4.78, 5) is 7.20. The molecule has 0 spiro atoms. The lowest BCUT2D eigenvalue weighted by Crippen LogP contribution is -2.30. The average molecular weight is 244 g/mol. The molecule has 2 heterocycles.